The third kappa shape index (κ3) is 4.45. The van der Waals surface area contributed by atoms with E-state index in [9.17, 15) is 13.2 Å². The van der Waals surface area contributed by atoms with E-state index in [4.69, 9.17) is 4.74 Å². The summed E-state index contributed by atoms with van der Waals surface area (Å²) in [6, 6.07) is 6.16. The van der Waals surface area contributed by atoms with Crippen LogP contribution in [-0.2, 0) is 21.3 Å². The van der Waals surface area contributed by atoms with E-state index in [0.717, 1.165) is 18.2 Å². The zero-order chi connectivity index (χ0) is 22.7. The Morgan fingerprint density at radius 1 is 1.19 bits per heavy atom. The SMILES string of the molecule is CCn1ncc2c(NC3CCOCC3)c(C(=O)Nc3ccc(S(=O)(=O)NC)cc3)cnc21. The monoisotopic (exact) mass is 458 g/mol. The van der Waals surface area contributed by atoms with Gasteiger partial charge in [0.2, 0.25) is 10.0 Å². The van der Waals surface area contributed by atoms with Gasteiger partial charge in [-0.1, -0.05) is 0 Å². The van der Waals surface area contributed by atoms with E-state index >= 15 is 0 Å². The molecule has 0 atom stereocenters. The molecule has 0 aliphatic carbocycles. The number of fused-ring (bicyclic) bond motifs is 1. The number of aryl methyl sites for hydroxylation is 1. The first-order chi connectivity index (χ1) is 15.4. The Morgan fingerprint density at radius 2 is 1.91 bits per heavy atom. The third-order valence-electron chi connectivity index (χ3n) is 5.47. The summed E-state index contributed by atoms with van der Waals surface area (Å²) in [5.41, 5.74) is 2.27. The summed E-state index contributed by atoms with van der Waals surface area (Å²) < 4.78 is 33.3. The lowest BCUT2D eigenvalue weighted by Crippen LogP contribution is -2.29. The molecule has 3 heterocycles. The third-order valence-corrected chi connectivity index (χ3v) is 6.90. The van der Waals surface area contributed by atoms with Crippen LogP contribution in [0.15, 0.2) is 41.6 Å². The second-order valence-corrected chi connectivity index (χ2v) is 9.35. The molecule has 1 aliphatic rings. The molecule has 1 aromatic carbocycles. The standard InChI is InChI=1S/C21H26N6O4S/c1-3-27-20-17(13-24-27)19(25-15-8-10-31-11-9-15)18(12-23-20)21(28)26-14-4-6-16(7-5-14)32(29,30)22-2/h4-7,12-13,15,22H,3,8-11H2,1-2H3,(H,23,25)(H,26,28). The number of hydrogen-bond donors (Lipinski definition) is 3. The number of hydrogen-bond acceptors (Lipinski definition) is 7. The molecule has 3 aromatic rings. The molecule has 10 nitrogen and oxygen atoms in total. The Kier molecular flexibility index (Phi) is 6.40. The number of nitrogens with one attached hydrogen (secondary N) is 3. The molecule has 4 rings (SSSR count). The fraction of sp³-hybridized carbons (Fsp3) is 0.381. The number of nitrogens with zero attached hydrogens (tertiary/aromatic N) is 3. The first-order valence-corrected chi connectivity index (χ1v) is 11.9. The molecule has 2 aromatic heterocycles. The van der Waals surface area contributed by atoms with Crippen molar-refractivity contribution in [2.75, 3.05) is 30.9 Å². The average Bonchev–Trinajstić information content (AvgIpc) is 3.24. The highest BCUT2D eigenvalue weighted by molar-refractivity contribution is 7.89. The maximum atomic E-state index is 13.2. The molecule has 32 heavy (non-hydrogen) atoms. The summed E-state index contributed by atoms with van der Waals surface area (Å²) in [6.07, 6.45) is 4.96. The second-order valence-electron chi connectivity index (χ2n) is 7.46. The van der Waals surface area contributed by atoms with Gasteiger partial charge in [-0.2, -0.15) is 5.10 Å². The zero-order valence-electron chi connectivity index (χ0n) is 18.0. The lowest BCUT2D eigenvalue weighted by Gasteiger charge is -2.25. The zero-order valence-corrected chi connectivity index (χ0v) is 18.8. The molecule has 0 bridgehead atoms. The Morgan fingerprint density at radius 3 is 2.56 bits per heavy atom. The Hall–Kier alpha value is -3.02. The molecule has 1 fully saturated rings. The van der Waals surface area contributed by atoms with Crippen LogP contribution < -0.4 is 15.4 Å². The largest absolute Gasteiger partial charge is 0.381 e. The van der Waals surface area contributed by atoms with Gasteiger partial charge in [0, 0.05) is 37.7 Å². The van der Waals surface area contributed by atoms with E-state index < -0.39 is 10.0 Å². The van der Waals surface area contributed by atoms with Gasteiger partial charge in [0.05, 0.1) is 27.7 Å². The molecule has 1 aliphatic heterocycles. The van der Waals surface area contributed by atoms with E-state index in [1.54, 1.807) is 29.2 Å². The number of ether oxygens (including phenoxy) is 1. The number of amides is 1. The van der Waals surface area contributed by atoms with Crippen LogP contribution in [0.25, 0.3) is 11.0 Å². The van der Waals surface area contributed by atoms with Crippen LogP contribution in [0.2, 0.25) is 0 Å². The minimum atomic E-state index is -3.55. The van der Waals surface area contributed by atoms with Crippen LogP contribution in [0.4, 0.5) is 11.4 Å². The lowest BCUT2D eigenvalue weighted by molar-refractivity contribution is 0.0904. The van der Waals surface area contributed by atoms with Crippen molar-refractivity contribution in [2.24, 2.45) is 0 Å². The number of carbonyl (C=O) groups is 1. The van der Waals surface area contributed by atoms with Gasteiger partial charge in [-0.15, -0.1) is 0 Å². The maximum Gasteiger partial charge on any atom is 0.259 e. The van der Waals surface area contributed by atoms with E-state index in [2.05, 4.69) is 25.4 Å². The molecule has 170 valence electrons. The molecule has 0 unspecified atom stereocenters. The quantitative estimate of drug-likeness (QED) is 0.495. The highest BCUT2D eigenvalue weighted by Gasteiger charge is 2.22. The number of rotatable bonds is 7. The highest BCUT2D eigenvalue weighted by atomic mass is 32.2. The van der Waals surface area contributed by atoms with E-state index in [-0.39, 0.29) is 16.8 Å². The fourth-order valence-corrected chi connectivity index (χ4v) is 4.40. The van der Waals surface area contributed by atoms with Crippen molar-refractivity contribution >= 4 is 38.3 Å². The molecular weight excluding hydrogens is 432 g/mol. The Labute approximate surface area is 186 Å². The van der Waals surface area contributed by atoms with Gasteiger partial charge in [0.25, 0.3) is 5.91 Å². The summed E-state index contributed by atoms with van der Waals surface area (Å²) >= 11 is 0. The van der Waals surface area contributed by atoms with Crippen molar-refractivity contribution in [3.8, 4) is 0 Å². The van der Waals surface area contributed by atoms with Gasteiger partial charge in [-0.05, 0) is 51.1 Å². The van der Waals surface area contributed by atoms with E-state index in [1.807, 2.05) is 6.92 Å². The van der Waals surface area contributed by atoms with Crippen molar-refractivity contribution < 1.29 is 17.9 Å². The number of aromatic nitrogens is 3. The minimum Gasteiger partial charge on any atom is -0.381 e. The van der Waals surface area contributed by atoms with E-state index in [1.165, 1.54) is 19.2 Å². The normalized spacial score (nSPS) is 15.1. The van der Waals surface area contributed by atoms with Gasteiger partial charge in [-0.25, -0.2) is 22.8 Å². The average molecular weight is 459 g/mol. The van der Waals surface area contributed by atoms with Crippen LogP contribution in [0.3, 0.4) is 0 Å². The molecule has 1 saturated heterocycles. The number of anilines is 2. The Bertz CT molecular complexity index is 1220. The molecule has 1 amide bonds. The molecular formula is C21H26N6O4S. The molecule has 0 radical (unpaired) electrons. The van der Waals surface area contributed by atoms with Crippen molar-refractivity contribution in [2.45, 2.75) is 37.2 Å². The topological polar surface area (TPSA) is 127 Å². The van der Waals surface area contributed by atoms with Gasteiger partial charge < -0.3 is 15.4 Å². The smallest absolute Gasteiger partial charge is 0.259 e. The molecule has 3 N–H and O–H groups in total. The second kappa shape index (κ2) is 9.23. The van der Waals surface area contributed by atoms with Crippen molar-refractivity contribution in [3.63, 3.8) is 0 Å². The fourth-order valence-electron chi connectivity index (χ4n) is 3.67. The number of carbonyl (C=O) groups excluding carboxylic acids is 1. The first-order valence-electron chi connectivity index (χ1n) is 10.5. The highest BCUT2D eigenvalue weighted by Crippen LogP contribution is 2.29. The summed E-state index contributed by atoms with van der Waals surface area (Å²) in [6.45, 7) is 3.99. The van der Waals surface area contributed by atoms with Gasteiger partial charge in [-0.3, -0.25) is 4.79 Å². The van der Waals surface area contributed by atoms with Gasteiger partial charge in [0.15, 0.2) is 5.65 Å². The lowest BCUT2D eigenvalue weighted by atomic mass is 10.1. The number of pyridine rings is 1. The summed E-state index contributed by atoms with van der Waals surface area (Å²) in [5.74, 6) is -0.345. The predicted octanol–water partition coefficient (Wildman–Crippen LogP) is 2.20. The summed E-state index contributed by atoms with van der Waals surface area (Å²) in [5, 5.41) is 11.5. The number of sulfonamides is 1. The van der Waals surface area contributed by atoms with Crippen LogP contribution >= 0.6 is 0 Å². The van der Waals surface area contributed by atoms with Crippen LogP contribution in [-0.4, -0.2) is 55.4 Å². The summed E-state index contributed by atoms with van der Waals surface area (Å²) in [7, 11) is -2.20. The first kappa shape index (κ1) is 22.2. The van der Waals surface area contributed by atoms with Crippen LogP contribution in [0, 0.1) is 0 Å². The predicted molar refractivity (Wildman–Crippen MR) is 121 cm³/mol. The summed E-state index contributed by atoms with van der Waals surface area (Å²) in [4.78, 5) is 17.8. The molecule has 0 spiro atoms. The van der Waals surface area contributed by atoms with Crippen molar-refractivity contribution in [1.29, 1.82) is 0 Å². The minimum absolute atomic E-state index is 0.120. The molecule has 11 heteroatoms. The maximum absolute atomic E-state index is 13.2. The van der Waals surface area contributed by atoms with Gasteiger partial charge in [0.1, 0.15) is 0 Å². The van der Waals surface area contributed by atoms with Crippen LogP contribution in [0.5, 0.6) is 0 Å². The van der Waals surface area contributed by atoms with Crippen LogP contribution in [0.1, 0.15) is 30.1 Å². The van der Waals surface area contributed by atoms with Crippen molar-refractivity contribution in [1.82, 2.24) is 19.5 Å². The van der Waals surface area contributed by atoms with E-state index in [0.29, 0.717) is 42.3 Å². The molecule has 0 saturated carbocycles. The van der Waals surface area contributed by atoms with Crippen molar-refractivity contribution in [3.05, 3.63) is 42.2 Å². The van der Waals surface area contributed by atoms with Gasteiger partial charge >= 0.3 is 0 Å². The Balaban J connectivity index is 1.65. The number of benzene rings is 1.